The Labute approximate surface area is 202 Å². The summed E-state index contributed by atoms with van der Waals surface area (Å²) in [5.74, 6) is 1.01. The van der Waals surface area contributed by atoms with Crippen LogP contribution in [0.3, 0.4) is 0 Å². The molecule has 0 unspecified atom stereocenters. The lowest BCUT2D eigenvalue weighted by Gasteiger charge is -2.36. The van der Waals surface area contributed by atoms with Crippen molar-refractivity contribution in [3.63, 3.8) is 0 Å². The van der Waals surface area contributed by atoms with Gasteiger partial charge in [0.2, 0.25) is 5.91 Å². The van der Waals surface area contributed by atoms with Gasteiger partial charge in [-0.05, 0) is 55.5 Å². The quantitative estimate of drug-likeness (QED) is 0.389. The molecule has 170 valence electrons. The molecule has 6 nitrogen and oxygen atoms in total. The highest BCUT2D eigenvalue weighted by Crippen LogP contribution is 2.26. The number of nitrogens with zero attached hydrogens (tertiary/aromatic N) is 4. The molecule has 33 heavy (non-hydrogen) atoms. The van der Waals surface area contributed by atoms with Crippen LogP contribution in [-0.2, 0) is 11.2 Å². The topological polar surface area (TPSA) is 50.1 Å². The fraction of sp³-hybridized carbons (Fsp3) is 0.280. The minimum Gasteiger partial charge on any atom is -0.494 e. The molecular weight excluding hydrogens is 456 g/mol. The van der Waals surface area contributed by atoms with Gasteiger partial charge in [0, 0.05) is 59.7 Å². The lowest BCUT2D eigenvalue weighted by Crippen LogP contribution is -2.49. The number of ether oxygens (including phenoxy) is 1. The van der Waals surface area contributed by atoms with E-state index in [0.717, 1.165) is 64.6 Å². The van der Waals surface area contributed by atoms with Crippen molar-refractivity contribution in [3.05, 3.63) is 70.8 Å². The number of aromatic nitrogens is 2. The predicted octanol–water partition coefficient (Wildman–Crippen LogP) is 5.01. The Morgan fingerprint density at radius 1 is 1.06 bits per heavy atom. The smallest absolute Gasteiger partial charge is 0.228 e. The van der Waals surface area contributed by atoms with E-state index in [1.807, 2.05) is 76.3 Å². The maximum Gasteiger partial charge on any atom is 0.228 e. The lowest BCUT2D eigenvalue weighted by molar-refractivity contribution is -0.130. The number of piperazine rings is 1. The third kappa shape index (κ3) is 4.70. The van der Waals surface area contributed by atoms with Gasteiger partial charge >= 0.3 is 0 Å². The number of hydrogen-bond donors (Lipinski definition) is 0. The number of imidazole rings is 1. The second kappa shape index (κ2) is 9.45. The van der Waals surface area contributed by atoms with Crippen molar-refractivity contribution < 1.29 is 9.53 Å². The van der Waals surface area contributed by atoms with Crippen molar-refractivity contribution in [2.24, 2.45) is 0 Å². The summed E-state index contributed by atoms with van der Waals surface area (Å²) in [7, 11) is 0. The maximum atomic E-state index is 13.0. The molecule has 0 saturated carbocycles. The van der Waals surface area contributed by atoms with E-state index in [0.29, 0.717) is 13.0 Å². The normalized spacial score (nSPS) is 14.1. The van der Waals surface area contributed by atoms with E-state index < -0.39 is 0 Å². The van der Waals surface area contributed by atoms with Crippen LogP contribution in [0.4, 0.5) is 5.69 Å². The molecule has 1 aliphatic heterocycles. The third-order valence-corrected chi connectivity index (χ3v) is 7.04. The maximum absolute atomic E-state index is 13.0. The molecule has 1 aliphatic rings. The lowest BCUT2D eigenvalue weighted by atomic mass is 10.1. The van der Waals surface area contributed by atoms with Gasteiger partial charge in [-0.3, -0.25) is 9.20 Å². The molecule has 0 aliphatic carbocycles. The first-order chi connectivity index (χ1) is 16.1. The fourth-order valence-corrected chi connectivity index (χ4v) is 5.12. The summed E-state index contributed by atoms with van der Waals surface area (Å²) in [6.45, 7) is 5.69. The van der Waals surface area contributed by atoms with Crippen molar-refractivity contribution >= 4 is 39.5 Å². The zero-order valence-electron chi connectivity index (χ0n) is 18.4. The molecule has 0 spiro atoms. The average Bonchev–Trinajstić information content (AvgIpc) is 3.42. The summed E-state index contributed by atoms with van der Waals surface area (Å²) in [5, 5.41) is 2.77. The monoisotopic (exact) mass is 480 g/mol. The number of benzene rings is 2. The molecule has 1 amide bonds. The van der Waals surface area contributed by atoms with Gasteiger partial charge in [-0.15, -0.1) is 11.3 Å². The third-order valence-electron chi connectivity index (χ3n) is 5.90. The van der Waals surface area contributed by atoms with Crippen molar-refractivity contribution in [2.45, 2.75) is 13.3 Å². The second-order valence-electron chi connectivity index (χ2n) is 7.98. The van der Waals surface area contributed by atoms with Crippen LogP contribution in [0.1, 0.15) is 12.6 Å². The summed E-state index contributed by atoms with van der Waals surface area (Å²) in [6.07, 6.45) is 2.39. The van der Waals surface area contributed by atoms with Crippen LogP contribution in [0.15, 0.2) is 60.1 Å². The highest BCUT2D eigenvalue weighted by atomic mass is 35.5. The van der Waals surface area contributed by atoms with Crippen LogP contribution in [-0.4, -0.2) is 53.0 Å². The minimum absolute atomic E-state index is 0.154. The molecule has 8 heteroatoms. The van der Waals surface area contributed by atoms with Crippen LogP contribution in [0, 0.1) is 0 Å². The molecule has 5 rings (SSSR count). The van der Waals surface area contributed by atoms with Gasteiger partial charge in [-0.1, -0.05) is 11.6 Å². The zero-order chi connectivity index (χ0) is 22.8. The van der Waals surface area contributed by atoms with Crippen LogP contribution >= 0.6 is 22.9 Å². The number of carbonyl (C=O) groups excluding carboxylic acids is 1. The Kier molecular flexibility index (Phi) is 6.24. The van der Waals surface area contributed by atoms with E-state index in [1.165, 1.54) is 0 Å². The molecule has 4 aromatic rings. The number of hydrogen-bond acceptors (Lipinski definition) is 5. The molecule has 0 atom stereocenters. The number of carbonyl (C=O) groups is 1. The number of rotatable bonds is 6. The zero-order valence-corrected chi connectivity index (χ0v) is 20.0. The molecule has 1 fully saturated rings. The molecule has 0 radical (unpaired) electrons. The van der Waals surface area contributed by atoms with Crippen LogP contribution < -0.4 is 9.64 Å². The van der Waals surface area contributed by atoms with E-state index in [-0.39, 0.29) is 5.91 Å². The number of fused-ring (bicyclic) bond motifs is 1. The summed E-state index contributed by atoms with van der Waals surface area (Å²) in [4.78, 5) is 22.9. The first-order valence-electron chi connectivity index (χ1n) is 11.1. The van der Waals surface area contributed by atoms with Gasteiger partial charge in [0.25, 0.3) is 0 Å². The first-order valence-corrected chi connectivity index (χ1v) is 12.3. The standard InChI is InChI=1S/C25H25ClN4O2S/c1-2-32-22-9-3-18(4-10-22)23-16-30-21(17-33-25(30)27-23)15-24(31)29-13-11-28(12-14-29)20-7-5-19(26)6-8-20/h3-10,16-17H,2,11-15H2,1H3. The first kappa shape index (κ1) is 21.8. The van der Waals surface area contributed by atoms with E-state index >= 15 is 0 Å². The van der Waals surface area contributed by atoms with Crippen molar-refractivity contribution in [3.8, 4) is 17.0 Å². The highest BCUT2D eigenvalue weighted by molar-refractivity contribution is 7.15. The Morgan fingerprint density at radius 2 is 1.79 bits per heavy atom. The highest BCUT2D eigenvalue weighted by Gasteiger charge is 2.22. The molecule has 2 aromatic heterocycles. The van der Waals surface area contributed by atoms with Gasteiger partial charge in [0.1, 0.15) is 5.75 Å². The Hall–Kier alpha value is -3.03. The molecule has 0 bridgehead atoms. The van der Waals surface area contributed by atoms with Crippen LogP contribution in [0.2, 0.25) is 5.02 Å². The fourth-order valence-electron chi connectivity index (χ4n) is 4.12. The largest absolute Gasteiger partial charge is 0.494 e. The van der Waals surface area contributed by atoms with Crippen molar-refractivity contribution in [1.29, 1.82) is 0 Å². The predicted molar refractivity (Wildman–Crippen MR) is 134 cm³/mol. The molecular formula is C25H25ClN4O2S. The van der Waals surface area contributed by atoms with Gasteiger partial charge < -0.3 is 14.5 Å². The van der Waals surface area contributed by atoms with Gasteiger partial charge in [0.05, 0.1) is 18.7 Å². The average molecular weight is 481 g/mol. The van der Waals surface area contributed by atoms with E-state index in [9.17, 15) is 4.79 Å². The van der Waals surface area contributed by atoms with E-state index in [4.69, 9.17) is 21.3 Å². The number of thiazole rings is 1. The summed E-state index contributed by atoms with van der Waals surface area (Å²) >= 11 is 7.56. The molecule has 3 heterocycles. The van der Waals surface area contributed by atoms with Gasteiger partial charge in [-0.2, -0.15) is 0 Å². The number of amides is 1. The van der Waals surface area contributed by atoms with Crippen molar-refractivity contribution in [2.75, 3.05) is 37.7 Å². The Balaban J connectivity index is 1.24. The Morgan fingerprint density at radius 3 is 2.48 bits per heavy atom. The van der Waals surface area contributed by atoms with E-state index in [2.05, 4.69) is 4.90 Å². The van der Waals surface area contributed by atoms with E-state index in [1.54, 1.807) is 11.3 Å². The summed E-state index contributed by atoms with van der Waals surface area (Å²) in [5.41, 5.74) is 4.05. The number of anilines is 1. The molecule has 2 aromatic carbocycles. The summed E-state index contributed by atoms with van der Waals surface area (Å²) < 4.78 is 7.56. The molecule has 0 N–H and O–H groups in total. The summed E-state index contributed by atoms with van der Waals surface area (Å²) in [6, 6.07) is 15.8. The minimum atomic E-state index is 0.154. The van der Waals surface area contributed by atoms with Crippen LogP contribution in [0.5, 0.6) is 5.75 Å². The SMILES string of the molecule is CCOc1ccc(-c2cn3c(CC(=O)N4CCN(c5ccc(Cl)cc5)CC4)csc3n2)cc1. The second-order valence-corrected chi connectivity index (χ2v) is 9.26. The van der Waals surface area contributed by atoms with Crippen molar-refractivity contribution in [1.82, 2.24) is 14.3 Å². The van der Waals surface area contributed by atoms with Crippen LogP contribution in [0.25, 0.3) is 16.2 Å². The molecule has 1 saturated heterocycles. The van der Waals surface area contributed by atoms with Gasteiger partial charge in [0.15, 0.2) is 4.96 Å². The number of halogens is 1. The Bertz CT molecular complexity index is 1240. The van der Waals surface area contributed by atoms with Gasteiger partial charge in [-0.25, -0.2) is 4.98 Å².